The molecule has 0 bridgehead atoms. The number of benzene rings is 1. The standard InChI is InChI=1S/C19H25N3O2S/c23-17(21-12-6-2-7-13-21)11-3-1-8-14-22-18(24)15-9-4-5-10-16(15)20-19(22)25/h4-5,9-10H,1-3,6-8,11-14H2,(H,20,25). The highest BCUT2D eigenvalue weighted by Gasteiger charge is 2.15. The van der Waals surface area contributed by atoms with Crippen LogP contribution in [0.2, 0.25) is 0 Å². The van der Waals surface area contributed by atoms with Gasteiger partial charge in [-0.3, -0.25) is 14.2 Å². The largest absolute Gasteiger partial charge is 0.343 e. The Kier molecular flexibility index (Phi) is 6.02. The van der Waals surface area contributed by atoms with Gasteiger partial charge in [0.15, 0.2) is 4.77 Å². The number of nitrogens with one attached hydrogen (secondary N) is 1. The Morgan fingerprint density at radius 2 is 1.84 bits per heavy atom. The summed E-state index contributed by atoms with van der Waals surface area (Å²) in [5.41, 5.74) is 0.740. The van der Waals surface area contributed by atoms with E-state index in [1.165, 1.54) is 6.42 Å². The first-order valence-corrected chi connectivity index (χ1v) is 9.57. The van der Waals surface area contributed by atoms with Gasteiger partial charge in [-0.25, -0.2) is 0 Å². The Morgan fingerprint density at radius 1 is 1.08 bits per heavy atom. The Bertz CT molecular complexity index is 850. The average molecular weight is 359 g/mol. The molecule has 0 aliphatic carbocycles. The number of hydrogen-bond acceptors (Lipinski definition) is 3. The molecule has 2 aromatic rings. The monoisotopic (exact) mass is 359 g/mol. The predicted molar refractivity (Wildman–Crippen MR) is 102 cm³/mol. The number of nitrogens with zero attached hydrogens (tertiary/aromatic N) is 2. The van der Waals surface area contributed by atoms with Crippen LogP contribution in [0.1, 0.15) is 44.9 Å². The third kappa shape index (κ3) is 4.37. The number of aromatic nitrogens is 2. The Hall–Kier alpha value is -1.95. The molecule has 1 aromatic carbocycles. The van der Waals surface area contributed by atoms with E-state index < -0.39 is 0 Å². The van der Waals surface area contributed by atoms with Crippen molar-refractivity contribution in [2.45, 2.75) is 51.5 Å². The van der Waals surface area contributed by atoms with Crippen molar-refractivity contribution in [2.75, 3.05) is 13.1 Å². The molecule has 25 heavy (non-hydrogen) atoms. The van der Waals surface area contributed by atoms with E-state index in [0.717, 1.165) is 50.7 Å². The van der Waals surface area contributed by atoms with Crippen LogP contribution in [-0.2, 0) is 11.3 Å². The van der Waals surface area contributed by atoms with Crippen molar-refractivity contribution in [1.82, 2.24) is 14.5 Å². The van der Waals surface area contributed by atoms with Crippen molar-refractivity contribution in [3.05, 3.63) is 39.4 Å². The lowest BCUT2D eigenvalue weighted by molar-refractivity contribution is -0.132. The van der Waals surface area contributed by atoms with E-state index >= 15 is 0 Å². The average Bonchev–Trinajstić information content (AvgIpc) is 2.64. The summed E-state index contributed by atoms with van der Waals surface area (Å²) in [6.45, 7) is 2.43. The number of rotatable bonds is 6. The van der Waals surface area contributed by atoms with Gasteiger partial charge in [0.1, 0.15) is 0 Å². The number of H-pyrrole nitrogens is 1. The number of likely N-dealkylation sites (tertiary alicyclic amines) is 1. The maximum absolute atomic E-state index is 12.5. The topological polar surface area (TPSA) is 58.1 Å². The van der Waals surface area contributed by atoms with E-state index in [0.29, 0.717) is 23.1 Å². The molecule has 0 saturated carbocycles. The number of hydrogen-bond donors (Lipinski definition) is 1. The fourth-order valence-corrected chi connectivity index (χ4v) is 3.71. The molecule has 0 spiro atoms. The quantitative estimate of drug-likeness (QED) is 0.633. The summed E-state index contributed by atoms with van der Waals surface area (Å²) in [5.74, 6) is 0.278. The number of aromatic amines is 1. The van der Waals surface area contributed by atoms with Crippen LogP contribution < -0.4 is 5.56 Å². The number of para-hydroxylation sites is 1. The molecule has 3 rings (SSSR count). The number of piperidine rings is 1. The van der Waals surface area contributed by atoms with Crippen LogP contribution in [0.15, 0.2) is 29.1 Å². The lowest BCUT2D eigenvalue weighted by atomic mass is 10.1. The zero-order chi connectivity index (χ0) is 17.6. The van der Waals surface area contributed by atoms with Crippen molar-refractivity contribution in [2.24, 2.45) is 0 Å². The summed E-state index contributed by atoms with van der Waals surface area (Å²) in [5, 5.41) is 0.663. The molecule has 2 heterocycles. The third-order valence-electron chi connectivity index (χ3n) is 4.87. The lowest BCUT2D eigenvalue weighted by Gasteiger charge is -2.26. The summed E-state index contributed by atoms with van der Waals surface area (Å²) < 4.78 is 2.09. The van der Waals surface area contributed by atoms with E-state index in [1.807, 2.05) is 29.2 Å². The van der Waals surface area contributed by atoms with Gasteiger partial charge in [-0.15, -0.1) is 0 Å². The van der Waals surface area contributed by atoms with Crippen molar-refractivity contribution >= 4 is 29.0 Å². The molecule has 0 unspecified atom stereocenters. The molecule has 1 aromatic heterocycles. The number of carbonyl (C=O) groups is 1. The first-order chi connectivity index (χ1) is 12.2. The maximum Gasteiger partial charge on any atom is 0.262 e. The second kappa shape index (κ2) is 8.43. The van der Waals surface area contributed by atoms with Crippen LogP contribution >= 0.6 is 12.2 Å². The van der Waals surface area contributed by atoms with Gasteiger partial charge in [-0.2, -0.15) is 0 Å². The molecule has 1 amide bonds. The molecule has 0 radical (unpaired) electrons. The van der Waals surface area contributed by atoms with Gasteiger partial charge in [-0.05, 0) is 56.5 Å². The SMILES string of the molecule is O=C(CCCCCn1c(=S)[nH]c2ccccc2c1=O)N1CCCCC1. The van der Waals surface area contributed by atoms with Crippen LogP contribution in [-0.4, -0.2) is 33.4 Å². The predicted octanol–water partition coefficient (Wildman–Crippen LogP) is 3.63. The van der Waals surface area contributed by atoms with E-state index in [1.54, 1.807) is 4.57 Å². The van der Waals surface area contributed by atoms with Crippen molar-refractivity contribution in [3.8, 4) is 0 Å². The first-order valence-electron chi connectivity index (χ1n) is 9.16. The molecular formula is C19H25N3O2S. The minimum absolute atomic E-state index is 0.0382. The summed E-state index contributed by atoms with van der Waals surface area (Å²) in [7, 11) is 0. The first kappa shape index (κ1) is 17.9. The van der Waals surface area contributed by atoms with Crippen LogP contribution in [0.4, 0.5) is 0 Å². The molecule has 1 N–H and O–H groups in total. The summed E-state index contributed by atoms with van der Waals surface area (Å²) >= 11 is 5.32. The Balaban J connectivity index is 1.51. The lowest BCUT2D eigenvalue weighted by Crippen LogP contribution is -2.35. The molecule has 6 heteroatoms. The molecule has 1 aliphatic heterocycles. The summed E-state index contributed by atoms with van der Waals surface area (Å²) in [4.78, 5) is 29.8. The van der Waals surface area contributed by atoms with E-state index in [-0.39, 0.29) is 11.5 Å². The number of carbonyl (C=O) groups excluding carboxylic acids is 1. The van der Waals surface area contributed by atoms with Crippen LogP contribution in [0.25, 0.3) is 10.9 Å². The molecule has 1 fully saturated rings. The molecule has 1 saturated heterocycles. The number of fused-ring (bicyclic) bond motifs is 1. The van der Waals surface area contributed by atoms with E-state index in [4.69, 9.17) is 12.2 Å². The Labute approximate surface area is 152 Å². The third-order valence-corrected chi connectivity index (χ3v) is 5.19. The summed E-state index contributed by atoms with van der Waals surface area (Å²) in [6, 6.07) is 7.42. The smallest absolute Gasteiger partial charge is 0.262 e. The number of amides is 1. The highest BCUT2D eigenvalue weighted by molar-refractivity contribution is 7.71. The van der Waals surface area contributed by atoms with Gasteiger partial charge in [0.25, 0.3) is 5.56 Å². The van der Waals surface area contributed by atoms with Gasteiger partial charge >= 0.3 is 0 Å². The fraction of sp³-hybridized carbons (Fsp3) is 0.526. The molecule has 0 atom stereocenters. The normalized spacial score (nSPS) is 14.8. The molecule has 134 valence electrons. The molecule has 5 nitrogen and oxygen atoms in total. The molecule has 1 aliphatic rings. The zero-order valence-corrected chi connectivity index (χ0v) is 15.3. The highest BCUT2D eigenvalue weighted by atomic mass is 32.1. The van der Waals surface area contributed by atoms with Crippen LogP contribution in [0.3, 0.4) is 0 Å². The van der Waals surface area contributed by atoms with Gasteiger partial charge < -0.3 is 9.88 Å². The second-order valence-electron chi connectivity index (χ2n) is 6.68. The van der Waals surface area contributed by atoms with Crippen molar-refractivity contribution < 1.29 is 4.79 Å². The second-order valence-corrected chi connectivity index (χ2v) is 7.07. The Morgan fingerprint density at radius 3 is 2.64 bits per heavy atom. The maximum atomic E-state index is 12.5. The highest BCUT2D eigenvalue weighted by Crippen LogP contribution is 2.12. The van der Waals surface area contributed by atoms with Crippen LogP contribution in [0, 0.1) is 4.77 Å². The van der Waals surface area contributed by atoms with E-state index in [2.05, 4.69) is 4.98 Å². The fourth-order valence-electron chi connectivity index (χ4n) is 3.43. The van der Waals surface area contributed by atoms with Crippen molar-refractivity contribution in [3.63, 3.8) is 0 Å². The van der Waals surface area contributed by atoms with E-state index in [9.17, 15) is 9.59 Å². The minimum atomic E-state index is -0.0382. The van der Waals surface area contributed by atoms with Gasteiger partial charge in [0.05, 0.1) is 10.9 Å². The minimum Gasteiger partial charge on any atom is -0.343 e. The molecular weight excluding hydrogens is 334 g/mol. The van der Waals surface area contributed by atoms with Crippen LogP contribution in [0.5, 0.6) is 0 Å². The van der Waals surface area contributed by atoms with Gasteiger partial charge in [0, 0.05) is 26.1 Å². The van der Waals surface area contributed by atoms with Gasteiger partial charge in [-0.1, -0.05) is 18.6 Å². The van der Waals surface area contributed by atoms with Gasteiger partial charge in [0.2, 0.25) is 5.91 Å². The number of unbranched alkanes of at least 4 members (excludes halogenated alkanes) is 2. The zero-order valence-electron chi connectivity index (χ0n) is 14.5. The summed E-state index contributed by atoms with van der Waals surface area (Å²) in [6.07, 6.45) is 6.76. The van der Waals surface area contributed by atoms with Crippen molar-refractivity contribution in [1.29, 1.82) is 0 Å².